The van der Waals surface area contributed by atoms with Crippen LogP contribution in [0.2, 0.25) is 0 Å². The van der Waals surface area contributed by atoms with Gasteiger partial charge in [-0.3, -0.25) is 0 Å². The topological polar surface area (TPSA) is 147 Å². The molecule has 0 saturated heterocycles. The van der Waals surface area contributed by atoms with E-state index in [4.69, 9.17) is 5.11 Å². The minimum atomic E-state index is -5.71. The molecule has 0 heterocycles. The minimum absolute atomic E-state index is 0. The van der Waals surface area contributed by atoms with Crippen LogP contribution in [0.1, 0.15) is 0 Å². The van der Waals surface area contributed by atoms with Crippen LogP contribution < -0.4 is 19.6 Å². The Bertz CT molecular complexity index is 181. The molecule has 0 aliphatic carbocycles. The SMILES string of the molecule is O=P([O-])([O-])C(O)P(=O)([O-])[O-].[Cu+2].[Cu+2]. The van der Waals surface area contributed by atoms with E-state index in [-0.39, 0.29) is 34.1 Å². The molecule has 0 saturated carbocycles. The van der Waals surface area contributed by atoms with Crippen LogP contribution in [0.5, 0.6) is 0 Å². The molecule has 0 aromatic heterocycles. The monoisotopic (exact) mass is 314 g/mol. The Kier molecular flexibility index (Phi) is 9.34. The molecular formula is CH2Cu2O7P2. The van der Waals surface area contributed by atoms with Crippen molar-refractivity contribution in [2.75, 3.05) is 0 Å². The summed E-state index contributed by atoms with van der Waals surface area (Å²) in [5.74, 6) is 0. The number of hydrogen-bond acceptors (Lipinski definition) is 7. The molecule has 0 aliphatic heterocycles. The second kappa shape index (κ2) is 5.91. The standard InChI is InChI=1S/CH6O7P2.2Cu/c2-1(9(3,4)5)10(6,7)8;;/h1-2H,(H2,3,4,5)(H2,6,7,8);;/q;2*+2/p-4. The average molecular weight is 315 g/mol. The molecule has 0 aromatic rings. The van der Waals surface area contributed by atoms with Crippen LogP contribution in [-0.4, -0.2) is 10.7 Å². The van der Waals surface area contributed by atoms with Crippen molar-refractivity contribution >= 4 is 15.2 Å². The maximum Gasteiger partial charge on any atom is 2.00 e. The van der Waals surface area contributed by atoms with E-state index in [1.807, 2.05) is 0 Å². The molecule has 0 spiro atoms. The van der Waals surface area contributed by atoms with Gasteiger partial charge in [-0.15, -0.1) is 0 Å². The molecule has 0 rings (SSSR count). The first-order valence-electron chi connectivity index (χ1n) is 1.87. The predicted octanol–water partition coefficient (Wildman–Crippen LogP) is -3.92. The Balaban J connectivity index is -0.000000405. The number of rotatable bonds is 2. The summed E-state index contributed by atoms with van der Waals surface area (Å²) in [6.07, 6.45) is 0. The zero-order chi connectivity index (χ0) is 8.58. The Labute approximate surface area is 88.8 Å². The van der Waals surface area contributed by atoms with Gasteiger partial charge in [0, 0.05) is 0 Å². The van der Waals surface area contributed by atoms with Gasteiger partial charge in [0.05, 0.1) is 0 Å². The Morgan fingerprint density at radius 3 is 1.08 bits per heavy atom. The Morgan fingerprint density at radius 1 is 0.917 bits per heavy atom. The van der Waals surface area contributed by atoms with Crippen molar-refractivity contribution in [3.05, 3.63) is 0 Å². The molecule has 2 radical (unpaired) electrons. The molecule has 7 nitrogen and oxygen atoms in total. The van der Waals surface area contributed by atoms with Gasteiger partial charge in [0.15, 0.2) is 0 Å². The molecule has 0 aromatic carbocycles. The quantitative estimate of drug-likeness (QED) is 0.404. The summed E-state index contributed by atoms with van der Waals surface area (Å²) in [7, 11) is -11.4. The molecule has 12 heavy (non-hydrogen) atoms. The van der Waals surface area contributed by atoms with Crippen LogP contribution in [0.3, 0.4) is 0 Å². The fraction of sp³-hybridized carbons (Fsp3) is 1.00. The van der Waals surface area contributed by atoms with Crippen LogP contribution in [-0.2, 0) is 43.3 Å². The summed E-state index contributed by atoms with van der Waals surface area (Å²) < 4.78 is 19.3. The van der Waals surface area contributed by atoms with E-state index in [0.717, 1.165) is 0 Å². The van der Waals surface area contributed by atoms with Crippen molar-refractivity contribution in [1.29, 1.82) is 0 Å². The van der Waals surface area contributed by atoms with E-state index in [1.165, 1.54) is 0 Å². The number of aliphatic hydroxyl groups is 1. The Hall–Kier alpha value is 1.30. The third-order valence-electron chi connectivity index (χ3n) is 0.566. The molecule has 0 bridgehead atoms. The van der Waals surface area contributed by atoms with Gasteiger partial charge in [-0.25, -0.2) is 0 Å². The van der Waals surface area contributed by atoms with Crippen molar-refractivity contribution in [3.63, 3.8) is 0 Å². The van der Waals surface area contributed by atoms with E-state index >= 15 is 0 Å². The first-order valence-corrected chi connectivity index (χ1v) is 5.09. The van der Waals surface area contributed by atoms with Crippen LogP contribution in [0.15, 0.2) is 0 Å². The molecule has 0 aliphatic rings. The second-order valence-electron chi connectivity index (χ2n) is 1.43. The normalized spacial score (nSPS) is 11.8. The zero-order valence-electron chi connectivity index (χ0n) is 4.97. The van der Waals surface area contributed by atoms with E-state index in [0.29, 0.717) is 0 Å². The van der Waals surface area contributed by atoms with Gasteiger partial charge >= 0.3 is 34.1 Å². The molecule has 0 atom stereocenters. The van der Waals surface area contributed by atoms with Crippen molar-refractivity contribution < 1.29 is 67.9 Å². The van der Waals surface area contributed by atoms with Gasteiger partial charge < -0.3 is 33.8 Å². The van der Waals surface area contributed by atoms with Gasteiger partial charge in [0.25, 0.3) is 0 Å². The van der Waals surface area contributed by atoms with Crippen molar-refractivity contribution in [1.82, 2.24) is 0 Å². The summed E-state index contributed by atoms with van der Waals surface area (Å²) in [6.45, 7) is 0. The summed E-state index contributed by atoms with van der Waals surface area (Å²) in [4.78, 5) is 38.5. The third kappa shape index (κ3) is 6.78. The summed E-state index contributed by atoms with van der Waals surface area (Å²) in [6, 6.07) is 0. The maximum atomic E-state index is 9.63. The van der Waals surface area contributed by atoms with Crippen LogP contribution in [0.25, 0.3) is 0 Å². The van der Waals surface area contributed by atoms with Gasteiger partial charge in [0.1, 0.15) is 5.59 Å². The first-order chi connectivity index (χ1) is 4.15. The largest absolute Gasteiger partial charge is 2.00 e. The second-order valence-corrected chi connectivity index (χ2v) is 4.97. The van der Waals surface area contributed by atoms with E-state index in [2.05, 4.69) is 0 Å². The molecule has 11 heteroatoms. The zero-order valence-corrected chi connectivity index (χ0v) is 8.64. The minimum Gasteiger partial charge on any atom is -0.809 e. The van der Waals surface area contributed by atoms with E-state index in [9.17, 15) is 28.7 Å². The molecule has 1 N–H and O–H groups in total. The summed E-state index contributed by atoms with van der Waals surface area (Å²) >= 11 is 0. The van der Waals surface area contributed by atoms with Crippen molar-refractivity contribution in [2.45, 2.75) is 5.59 Å². The van der Waals surface area contributed by atoms with E-state index in [1.54, 1.807) is 0 Å². The van der Waals surface area contributed by atoms with Crippen LogP contribution >= 0.6 is 15.2 Å². The maximum absolute atomic E-state index is 9.63. The summed E-state index contributed by atoms with van der Waals surface area (Å²) in [5.41, 5.74) is -3.35. The van der Waals surface area contributed by atoms with Crippen LogP contribution in [0.4, 0.5) is 0 Å². The molecule has 0 amide bonds. The smallest absolute Gasteiger partial charge is 0.809 e. The first kappa shape index (κ1) is 19.0. The predicted molar refractivity (Wildman–Crippen MR) is 21.2 cm³/mol. The molecule has 0 fully saturated rings. The average Bonchev–Trinajstić information content (AvgIpc) is 1.59. The molecular weight excluding hydrogens is 313 g/mol. The fourth-order valence-electron chi connectivity index (χ4n) is 0.173. The van der Waals surface area contributed by atoms with Crippen LogP contribution in [0, 0.1) is 0 Å². The molecule has 0 unspecified atom stereocenters. The van der Waals surface area contributed by atoms with Gasteiger partial charge in [-0.05, 0) is 15.2 Å². The van der Waals surface area contributed by atoms with Crippen molar-refractivity contribution in [3.8, 4) is 0 Å². The Morgan fingerprint density at radius 2 is 1.08 bits per heavy atom. The van der Waals surface area contributed by atoms with Crippen molar-refractivity contribution in [2.24, 2.45) is 0 Å². The third-order valence-corrected chi connectivity index (χ3v) is 3.39. The molecule has 80 valence electrons. The summed E-state index contributed by atoms with van der Waals surface area (Å²) in [5, 5.41) is 7.95. The number of aliphatic hydroxyl groups excluding tert-OH is 1. The van der Waals surface area contributed by atoms with Gasteiger partial charge in [0.2, 0.25) is 0 Å². The number of hydrogen-bond donors (Lipinski definition) is 1. The van der Waals surface area contributed by atoms with Gasteiger partial charge in [-0.2, -0.15) is 0 Å². The van der Waals surface area contributed by atoms with Gasteiger partial charge in [-0.1, -0.05) is 0 Å². The van der Waals surface area contributed by atoms with E-state index < -0.39 is 20.8 Å². The fourth-order valence-corrected chi connectivity index (χ4v) is 1.56.